The quantitative estimate of drug-likeness (QED) is 0.649. The second-order valence-electron chi connectivity index (χ2n) is 7.36. The maximum atomic E-state index is 12.6. The summed E-state index contributed by atoms with van der Waals surface area (Å²) < 4.78 is 10.4. The van der Waals surface area contributed by atoms with Gasteiger partial charge in [-0.3, -0.25) is 9.59 Å². The van der Waals surface area contributed by atoms with E-state index in [0.717, 1.165) is 5.56 Å². The van der Waals surface area contributed by atoms with Gasteiger partial charge in [-0.15, -0.1) is 0 Å². The van der Waals surface area contributed by atoms with Crippen molar-refractivity contribution in [2.45, 2.75) is 39.8 Å². The number of carbonyl (C=O) groups is 3. The smallest absolute Gasteiger partial charge is 0.329 e. The van der Waals surface area contributed by atoms with E-state index in [-0.39, 0.29) is 5.92 Å². The molecule has 160 valence electrons. The average molecular weight is 412 g/mol. The number of ether oxygens (including phenoxy) is 2. The molecular weight excluding hydrogens is 384 g/mol. The number of amides is 2. The van der Waals surface area contributed by atoms with Gasteiger partial charge in [0.25, 0.3) is 11.8 Å². The summed E-state index contributed by atoms with van der Waals surface area (Å²) in [5.41, 5.74) is 2.01. The maximum absolute atomic E-state index is 12.6. The number of nitrogens with one attached hydrogen (secondary N) is 2. The van der Waals surface area contributed by atoms with Crippen LogP contribution in [-0.4, -0.2) is 37.0 Å². The van der Waals surface area contributed by atoms with E-state index in [0.29, 0.717) is 17.0 Å². The van der Waals surface area contributed by atoms with Crippen molar-refractivity contribution in [3.05, 3.63) is 59.7 Å². The lowest BCUT2D eigenvalue weighted by Crippen LogP contribution is -2.47. The van der Waals surface area contributed by atoms with Gasteiger partial charge in [0, 0.05) is 11.3 Å². The van der Waals surface area contributed by atoms with Gasteiger partial charge < -0.3 is 20.1 Å². The molecule has 2 N–H and O–H groups in total. The second kappa shape index (κ2) is 10.4. The molecule has 0 radical (unpaired) electrons. The molecule has 0 aliphatic rings. The number of anilines is 1. The number of hydrogen-bond acceptors (Lipinski definition) is 5. The molecule has 2 rings (SSSR count). The van der Waals surface area contributed by atoms with Crippen molar-refractivity contribution in [3.63, 3.8) is 0 Å². The molecule has 0 saturated heterocycles. The van der Waals surface area contributed by atoms with E-state index in [2.05, 4.69) is 10.6 Å². The van der Waals surface area contributed by atoms with Gasteiger partial charge in [-0.05, 0) is 61.7 Å². The monoisotopic (exact) mass is 412 g/mol. The summed E-state index contributed by atoms with van der Waals surface area (Å²) in [5, 5.41) is 5.40. The minimum Gasteiger partial charge on any atom is -0.497 e. The second-order valence-corrected chi connectivity index (χ2v) is 7.36. The molecule has 7 nitrogen and oxygen atoms in total. The van der Waals surface area contributed by atoms with Crippen LogP contribution in [0.3, 0.4) is 0 Å². The first-order chi connectivity index (χ1) is 14.2. The first-order valence-electron chi connectivity index (χ1n) is 9.74. The number of rotatable bonds is 8. The zero-order valence-corrected chi connectivity index (χ0v) is 17.9. The van der Waals surface area contributed by atoms with Crippen LogP contribution in [0, 0.1) is 12.8 Å². The van der Waals surface area contributed by atoms with Crippen molar-refractivity contribution in [1.29, 1.82) is 0 Å². The maximum Gasteiger partial charge on any atom is 0.329 e. The molecule has 2 amide bonds. The normalized spacial score (nSPS) is 12.6. The molecule has 2 aromatic carbocycles. The molecule has 0 aliphatic carbocycles. The summed E-state index contributed by atoms with van der Waals surface area (Å²) in [5.74, 6) is -1.13. The Hall–Kier alpha value is -3.35. The van der Waals surface area contributed by atoms with E-state index in [1.54, 1.807) is 44.2 Å². The lowest BCUT2D eigenvalue weighted by Gasteiger charge is -2.23. The third-order valence-corrected chi connectivity index (χ3v) is 4.51. The molecule has 0 bridgehead atoms. The fourth-order valence-electron chi connectivity index (χ4n) is 2.73. The van der Waals surface area contributed by atoms with Crippen LogP contribution in [0.15, 0.2) is 48.5 Å². The SMILES string of the molecule is COc1ccc(C(=O)N[C@H](C(=O)O[C@@H](C)C(=O)Nc2cccc(C)c2)C(C)C)cc1. The minimum absolute atomic E-state index is 0.230. The highest BCUT2D eigenvalue weighted by atomic mass is 16.5. The summed E-state index contributed by atoms with van der Waals surface area (Å²) in [4.78, 5) is 37.5. The number of carbonyl (C=O) groups excluding carboxylic acids is 3. The van der Waals surface area contributed by atoms with E-state index in [9.17, 15) is 14.4 Å². The Balaban J connectivity index is 1.99. The van der Waals surface area contributed by atoms with Crippen molar-refractivity contribution in [3.8, 4) is 5.75 Å². The fraction of sp³-hybridized carbons (Fsp3) is 0.348. The Morgan fingerprint density at radius 1 is 0.967 bits per heavy atom. The van der Waals surface area contributed by atoms with Crippen LogP contribution in [0.1, 0.15) is 36.7 Å². The molecule has 0 fully saturated rings. The molecule has 0 unspecified atom stereocenters. The molecule has 0 aliphatic heterocycles. The van der Waals surface area contributed by atoms with Gasteiger partial charge in [-0.25, -0.2) is 4.79 Å². The zero-order valence-electron chi connectivity index (χ0n) is 17.9. The van der Waals surface area contributed by atoms with E-state index in [4.69, 9.17) is 9.47 Å². The largest absolute Gasteiger partial charge is 0.497 e. The molecule has 0 saturated carbocycles. The van der Waals surface area contributed by atoms with Gasteiger partial charge >= 0.3 is 5.97 Å². The zero-order chi connectivity index (χ0) is 22.3. The van der Waals surface area contributed by atoms with Gasteiger partial charge in [-0.1, -0.05) is 26.0 Å². The summed E-state index contributed by atoms with van der Waals surface area (Å²) in [6.45, 7) is 6.99. The van der Waals surface area contributed by atoms with Crippen LogP contribution >= 0.6 is 0 Å². The number of methoxy groups -OCH3 is 1. The van der Waals surface area contributed by atoms with Gasteiger partial charge in [0.05, 0.1) is 7.11 Å². The van der Waals surface area contributed by atoms with Gasteiger partial charge in [0.1, 0.15) is 11.8 Å². The highest BCUT2D eigenvalue weighted by Gasteiger charge is 2.29. The summed E-state index contributed by atoms with van der Waals surface area (Å²) >= 11 is 0. The number of esters is 1. The van der Waals surface area contributed by atoms with E-state index in [1.165, 1.54) is 14.0 Å². The van der Waals surface area contributed by atoms with Gasteiger partial charge in [-0.2, -0.15) is 0 Å². The Kier molecular flexibility index (Phi) is 7.98. The van der Waals surface area contributed by atoms with E-state index in [1.807, 2.05) is 25.1 Å². The van der Waals surface area contributed by atoms with Crippen LogP contribution in [0.25, 0.3) is 0 Å². The number of aryl methyl sites for hydroxylation is 1. The van der Waals surface area contributed by atoms with Crippen molar-refractivity contribution in [2.75, 3.05) is 12.4 Å². The van der Waals surface area contributed by atoms with Crippen molar-refractivity contribution in [1.82, 2.24) is 5.32 Å². The lowest BCUT2D eigenvalue weighted by atomic mass is 10.0. The van der Waals surface area contributed by atoms with Crippen LogP contribution in [0.2, 0.25) is 0 Å². The topological polar surface area (TPSA) is 93.7 Å². The molecule has 2 aromatic rings. The molecule has 0 heterocycles. The Bertz CT molecular complexity index is 893. The summed E-state index contributed by atoms with van der Waals surface area (Å²) in [6.07, 6.45) is -1.02. The molecule has 0 aromatic heterocycles. The van der Waals surface area contributed by atoms with Crippen molar-refractivity contribution in [2.24, 2.45) is 5.92 Å². The van der Waals surface area contributed by atoms with Crippen LogP contribution < -0.4 is 15.4 Å². The third-order valence-electron chi connectivity index (χ3n) is 4.51. The predicted molar refractivity (Wildman–Crippen MR) is 114 cm³/mol. The highest BCUT2D eigenvalue weighted by Crippen LogP contribution is 2.14. The predicted octanol–water partition coefficient (Wildman–Crippen LogP) is 3.33. The first kappa shape index (κ1) is 22.9. The molecule has 2 atom stereocenters. The number of benzene rings is 2. The molecule has 7 heteroatoms. The standard InChI is InChI=1S/C23H28N2O5/c1-14(2)20(25-22(27)17-9-11-19(29-5)12-10-17)23(28)30-16(4)21(26)24-18-8-6-7-15(3)13-18/h6-14,16,20H,1-5H3,(H,24,26)(H,25,27)/t16-,20-/m0/s1. The highest BCUT2D eigenvalue weighted by molar-refractivity contribution is 5.98. The van der Waals surface area contributed by atoms with Crippen molar-refractivity contribution >= 4 is 23.5 Å². The summed E-state index contributed by atoms with van der Waals surface area (Å²) in [7, 11) is 1.54. The molecular formula is C23H28N2O5. The lowest BCUT2D eigenvalue weighted by molar-refractivity contribution is -0.156. The molecule has 30 heavy (non-hydrogen) atoms. The number of hydrogen-bond donors (Lipinski definition) is 2. The summed E-state index contributed by atoms with van der Waals surface area (Å²) in [6, 6.07) is 13.0. The van der Waals surface area contributed by atoms with E-state index >= 15 is 0 Å². The third kappa shape index (κ3) is 6.34. The first-order valence-corrected chi connectivity index (χ1v) is 9.74. The van der Waals surface area contributed by atoms with Crippen LogP contribution in [0.4, 0.5) is 5.69 Å². The minimum atomic E-state index is -1.02. The molecule has 0 spiro atoms. The Labute approximate surface area is 176 Å². The van der Waals surface area contributed by atoms with Crippen LogP contribution in [0.5, 0.6) is 5.75 Å². The van der Waals surface area contributed by atoms with Gasteiger partial charge in [0.15, 0.2) is 6.10 Å². The Morgan fingerprint density at radius 3 is 2.20 bits per heavy atom. The van der Waals surface area contributed by atoms with Gasteiger partial charge in [0.2, 0.25) is 0 Å². The van der Waals surface area contributed by atoms with Crippen LogP contribution in [-0.2, 0) is 14.3 Å². The van der Waals surface area contributed by atoms with Crippen molar-refractivity contribution < 1.29 is 23.9 Å². The Morgan fingerprint density at radius 2 is 1.63 bits per heavy atom. The average Bonchev–Trinajstić information content (AvgIpc) is 2.71. The van der Waals surface area contributed by atoms with E-state index < -0.39 is 29.9 Å². The fourth-order valence-corrected chi connectivity index (χ4v) is 2.73.